The second kappa shape index (κ2) is 23.0. The number of hydrogen-bond acceptors (Lipinski definition) is 1. The molecule has 7 aromatic carbocycles. The predicted octanol–water partition coefficient (Wildman–Crippen LogP) is 3.94. The van der Waals surface area contributed by atoms with Crippen LogP contribution in [0.4, 0.5) is 0 Å². The van der Waals surface area contributed by atoms with Crippen LogP contribution in [0.15, 0.2) is 218 Å². The number of carboxylic acid groups (broad SMARTS) is 1. The van der Waals surface area contributed by atoms with E-state index >= 15 is 0 Å². The van der Waals surface area contributed by atoms with E-state index in [0.29, 0.717) is 6.42 Å². The SMILES string of the molecule is C(=Cc1ccccc1)C[P+](c1ccccc1)(c1ccccc1)c1ccccc1.O=C(O)CCCC[P+](c1ccccc1)(c1ccccc1)c1ccccc1.[Br-].[Br-]. The van der Waals surface area contributed by atoms with Gasteiger partial charge in [-0.05, 0) is 97.3 Å². The van der Waals surface area contributed by atoms with E-state index in [-0.39, 0.29) is 40.4 Å². The maximum absolute atomic E-state index is 10.9. The van der Waals surface area contributed by atoms with Gasteiger partial charge in [0.2, 0.25) is 0 Å². The van der Waals surface area contributed by atoms with Crippen LogP contribution >= 0.6 is 14.5 Å². The first-order valence-corrected chi connectivity index (χ1v) is 22.6. The Kier molecular flexibility index (Phi) is 18.2. The molecule has 0 unspecified atom stereocenters. The second-order valence-electron chi connectivity index (χ2n) is 13.2. The van der Waals surface area contributed by atoms with Crippen molar-refractivity contribution in [2.45, 2.75) is 19.3 Å². The summed E-state index contributed by atoms with van der Waals surface area (Å²) < 4.78 is 0. The van der Waals surface area contributed by atoms with Gasteiger partial charge in [-0.25, -0.2) is 0 Å². The fourth-order valence-corrected chi connectivity index (χ4v) is 15.6. The van der Waals surface area contributed by atoms with E-state index in [1.807, 2.05) is 0 Å². The number of halogens is 2. The minimum absolute atomic E-state index is 0. The average Bonchev–Trinajstić information content (AvgIpc) is 3.25. The molecule has 2 nitrogen and oxygen atoms in total. The number of aliphatic carboxylic acids is 1. The molecule has 7 rings (SSSR count). The van der Waals surface area contributed by atoms with E-state index in [9.17, 15) is 4.79 Å². The minimum Gasteiger partial charge on any atom is -1.00 e. The van der Waals surface area contributed by atoms with Crippen LogP contribution in [-0.4, -0.2) is 23.4 Å². The van der Waals surface area contributed by atoms with Gasteiger partial charge in [-0.1, -0.05) is 146 Å². The van der Waals surface area contributed by atoms with Gasteiger partial charge in [-0.2, -0.15) is 0 Å². The number of hydrogen-bond donors (Lipinski definition) is 1. The van der Waals surface area contributed by atoms with E-state index < -0.39 is 20.5 Å². The van der Waals surface area contributed by atoms with Crippen molar-refractivity contribution >= 4 is 58.4 Å². The first kappa shape index (κ1) is 44.3. The third kappa shape index (κ3) is 11.1. The van der Waals surface area contributed by atoms with Crippen LogP contribution in [0, 0.1) is 0 Å². The van der Waals surface area contributed by atoms with Gasteiger partial charge in [0.15, 0.2) is 0 Å². The van der Waals surface area contributed by atoms with Crippen LogP contribution in [0.3, 0.4) is 0 Å². The largest absolute Gasteiger partial charge is 1.00 e. The maximum atomic E-state index is 10.9. The highest BCUT2D eigenvalue weighted by Gasteiger charge is 2.45. The lowest BCUT2D eigenvalue weighted by atomic mass is 10.2. The summed E-state index contributed by atoms with van der Waals surface area (Å²) in [5.74, 6) is -0.715. The molecular formula is C50H48Br2O2P2. The molecule has 0 aliphatic carbocycles. The molecule has 0 saturated heterocycles. The summed E-state index contributed by atoms with van der Waals surface area (Å²) in [6.07, 6.45) is 8.44. The van der Waals surface area contributed by atoms with Crippen molar-refractivity contribution < 1.29 is 43.9 Å². The lowest BCUT2D eigenvalue weighted by Crippen LogP contribution is -3.00. The Morgan fingerprint density at radius 1 is 0.411 bits per heavy atom. The Morgan fingerprint density at radius 2 is 0.696 bits per heavy atom. The van der Waals surface area contributed by atoms with Crippen molar-refractivity contribution in [1.29, 1.82) is 0 Å². The van der Waals surface area contributed by atoms with Crippen LogP contribution < -0.4 is 65.8 Å². The third-order valence-corrected chi connectivity index (χ3v) is 18.6. The fourth-order valence-electron chi connectivity index (χ4n) is 7.23. The third-order valence-electron chi connectivity index (χ3n) is 9.81. The van der Waals surface area contributed by atoms with Gasteiger partial charge in [0, 0.05) is 6.42 Å². The zero-order chi connectivity index (χ0) is 37.3. The zero-order valence-electron chi connectivity index (χ0n) is 31.4. The Morgan fingerprint density at radius 3 is 1.00 bits per heavy atom. The quantitative estimate of drug-likeness (QED) is 0.133. The summed E-state index contributed by atoms with van der Waals surface area (Å²) in [6, 6.07) is 75.8. The number of rotatable bonds is 14. The van der Waals surface area contributed by atoms with Gasteiger partial charge in [0.25, 0.3) is 0 Å². The normalized spacial score (nSPS) is 11.0. The molecule has 0 saturated carbocycles. The Bertz CT molecular complexity index is 1960. The summed E-state index contributed by atoms with van der Waals surface area (Å²) in [5, 5.41) is 17.3. The van der Waals surface area contributed by atoms with Crippen molar-refractivity contribution in [3.63, 3.8) is 0 Å². The van der Waals surface area contributed by atoms with E-state index in [0.717, 1.165) is 18.7 Å². The highest BCUT2D eigenvalue weighted by molar-refractivity contribution is 7.96. The summed E-state index contributed by atoms with van der Waals surface area (Å²) in [5.41, 5.74) is 1.25. The van der Waals surface area contributed by atoms with E-state index in [2.05, 4.69) is 224 Å². The first-order chi connectivity index (χ1) is 26.6. The second-order valence-corrected chi connectivity index (χ2v) is 20.4. The molecule has 0 atom stereocenters. The molecule has 0 aliphatic rings. The average molecular weight is 903 g/mol. The van der Waals surface area contributed by atoms with Crippen molar-refractivity contribution in [3.8, 4) is 0 Å². The number of carboxylic acids is 1. The molecule has 0 aromatic heterocycles. The molecule has 0 fully saturated rings. The van der Waals surface area contributed by atoms with Gasteiger partial charge < -0.3 is 39.1 Å². The van der Waals surface area contributed by atoms with Crippen molar-refractivity contribution in [1.82, 2.24) is 0 Å². The van der Waals surface area contributed by atoms with Crippen LogP contribution in [0.1, 0.15) is 24.8 Å². The van der Waals surface area contributed by atoms with Crippen molar-refractivity contribution in [2.75, 3.05) is 12.3 Å². The molecular weight excluding hydrogens is 854 g/mol. The topological polar surface area (TPSA) is 37.3 Å². The molecule has 0 heterocycles. The molecule has 56 heavy (non-hydrogen) atoms. The summed E-state index contributed by atoms with van der Waals surface area (Å²) in [7, 11) is -3.58. The molecule has 0 aliphatic heterocycles. The molecule has 7 aromatic rings. The summed E-state index contributed by atoms with van der Waals surface area (Å²) in [6.45, 7) is 0. The maximum Gasteiger partial charge on any atom is 0.303 e. The standard InChI is InChI=1S/C27H24P.C23H23O2P.2BrH/c1-5-14-24(15-6-1)16-13-23-28(25-17-7-2-8-18-25,26-19-9-3-10-20-26)27-21-11-4-12-22-27;24-23(25)18-10-11-19-26(20-12-4-1-5-13-20,21-14-6-2-7-15-21)22-16-8-3-9-17-22;;/h1-22H,23H2;1-9,12-17H,10-11,18-19H2;2*1H/q+1;;;/p-1. The van der Waals surface area contributed by atoms with Gasteiger partial charge in [0.05, 0.1) is 12.3 Å². The molecule has 0 radical (unpaired) electrons. The molecule has 0 bridgehead atoms. The van der Waals surface area contributed by atoms with Crippen molar-refractivity contribution in [2.24, 2.45) is 0 Å². The first-order valence-electron chi connectivity index (χ1n) is 18.7. The monoisotopic (exact) mass is 900 g/mol. The van der Waals surface area contributed by atoms with Crippen LogP contribution in [0.2, 0.25) is 0 Å². The van der Waals surface area contributed by atoms with Crippen molar-refractivity contribution in [3.05, 3.63) is 224 Å². The highest BCUT2D eigenvalue weighted by Crippen LogP contribution is 2.56. The van der Waals surface area contributed by atoms with E-state index in [1.54, 1.807) is 0 Å². The smallest absolute Gasteiger partial charge is 0.303 e. The lowest BCUT2D eigenvalue weighted by Gasteiger charge is -2.27. The number of unbranched alkanes of at least 4 members (excludes halogenated alkanes) is 1. The molecule has 1 N–H and O–H groups in total. The van der Waals surface area contributed by atoms with Crippen LogP contribution in [-0.2, 0) is 4.79 Å². The molecule has 0 amide bonds. The van der Waals surface area contributed by atoms with E-state index in [4.69, 9.17) is 5.11 Å². The Labute approximate surface area is 355 Å². The van der Waals surface area contributed by atoms with Gasteiger partial charge in [0.1, 0.15) is 46.4 Å². The van der Waals surface area contributed by atoms with Gasteiger partial charge >= 0.3 is 5.97 Å². The van der Waals surface area contributed by atoms with E-state index in [1.165, 1.54) is 37.4 Å². The zero-order valence-corrected chi connectivity index (χ0v) is 36.4. The molecule has 0 spiro atoms. The summed E-state index contributed by atoms with van der Waals surface area (Å²) >= 11 is 0. The molecule has 6 heteroatoms. The fraction of sp³-hybridized carbons (Fsp3) is 0.100. The Hall–Kier alpha value is -4.43. The summed E-state index contributed by atoms with van der Waals surface area (Å²) in [4.78, 5) is 10.9. The number of carbonyl (C=O) groups is 1. The van der Waals surface area contributed by atoms with Crippen LogP contribution in [0.25, 0.3) is 6.08 Å². The van der Waals surface area contributed by atoms with Crippen LogP contribution in [0.5, 0.6) is 0 Å². The van der Waals surface area contributed by atoms with Gasteiger partial charge in [-0.15, -0.1) is 0 Å². The van der Waals surface area contributed by atoms with Gasteiger partial charge in [-0.3, -0.25) is 4.79 Å². The predicted molar refractivity (Wildman–Crippen MR) is 237 cm³/mol. The lowest BCUT2D eigenvalue weighted by molar-refractivity contribution is -0.137. The highest BCUT2D eigenvalue weighted by atomic mass is 79.9. The molecule has 284 valence electrons. The minimum atomic E-state index is -1.81. The number of allylic oxidation sites excluding steroid dienone is 1. The Balaban J connectivity index is 0.000000241. The number of benzene rings is 7.